The van der Waals surface area contributed by atoms with Gasteiger partial charge in [0.2, 0.25) is 0 Å². The summed E-state index contributed by atoms with van der Waals surface area (Å²) in [5, 5.41) is 20.3. The fraction of sp³-hybridized carbons (Fsp3) is 0. The first-order valence-corrected chi connectivity index (χ1v) is 40.2. The molecule has 0 saturated carbocycles. The summed E-state index contributed by atoms with van der Waals surface area (Å²) in [6.07, 6.45) is 0. The van der Waals surface area contributed by atoms with Crippen molar-refractivity contribution in [1.29, 1.82) is 0 Å². The number of aromatic nitrogens is 4. The third kappa shape index (κ3) is 9.50. The van der Waals surface area contributed by atoms with Gasteiger partial charge in [-0.2, -0.15) is 0 Å². The van der Waals surface area contributed by atoms with E-state index >= 15 is 0 Å². The van der Waals surface area contributed by atoms with E-state index in [4.69, 9.17) is 0 Å². The van der Waals surface area contributed by atoms with Gasteiger partial charge in [-0.15, -0.1) is 0 Å². The summed E-state index contributed by atoms with van der Waals surface area (Å²) in [6.45, 7) is 0. The number of fused-ring (bicyclic) bond motifs is 20. The molecule has 2 aliphatic carbocycles. The molecule has 0 amide bonds. The minimum Gasteiger partial charge on any atom is -0.309 e. The highest BCUT2D eigenvalue weighted by Crippen LogP contribution is 2.52. The highest BCUT2D eigenvalue weighted by molar-refractivity contribution is 6.22. The second kappa shape index (κ2) is 25.1. The topological polar surface area (TPSA) is 19.7 Å². The fourth-order valence-corrected chi connectivity index (χ4v) is 20.2. The van der Waals surface area contributed by atoms with Crippen molar-refractivity contribution in [3.05, 3.63) is 413 Å². The highest BCUT2D eigenvalue weighted by Gasteiger charge is 2.27. The van der Waals surface area contributed by atoms with Crippen molar-refractivity contribution in [2.45, 2.75) is 0 Å². The van der Waals surface area contributed by atoms with Crippen LogP contribution in [0.15, 0.2) is 413 Å². The first-order chi connectivity index (χ1) is 57.6. The van der Waals surface area contributed by atoms with Crippen LogP contribution in [0.2, 0.25) is 0 Å². The average Bonchev–Trinajstić information content (AvgIpc) is 1.56. The molecule has 0 bridgehead atoms. The van der Waals surface area contributed by atoms with Gasteiger partial charge in [-0.05, 0) is 231 Å². The van der Waals surface area contributed by atoms with Crippen molar-refractivity contribution in [1.82, 2.24) is 18.3 Å². The first kappa shape index (κ1) is 64.3. The van der Waals surface area contributed by atoms with Gasteiger partial charge in [0, 0.05) is 65.2 Å². The van der Waals surface area contributed by atoms with E-state index in [0.29, 0.717) is 0 Å². The molecule has 0 atom stereocenters. The number of nitrogens with zero attached hydrogens (tertiary/aromatic N) is 4. The molecule has 4 heterocycles. The predicted octanol–water partition coefficient (Wildman–Crippen LogP) is 30.3. The fourth-order valence-electron chi connectivity index (χ4n) is 20.2. The van der Waals surface area contributed by atoms with E-state index in [9.17, 15) is 0 Å². The van der Waals surface area contributed by atoms with Crippen molar-refractivity contribution in [2.75, 3.05) is 0 Å². The smallest absolute Gasteiger partial charge is 0.0541 e. The summed E-state index contributed by atoms with van der Waals surface area (Å²) in [6, 6.07) is 152. The van der Waals surface area contributed by atoms with Crippen molar-refractivity contribution in [3.8, 4) is 112 Å². The Morgan fingerprint density at radius 2 is 0.414 bits per heavy atom. The molecule has 0 aliphatic heterocycles. The molecule has 24 aromatic rings. The third-order valence-electron chi connectivity index (χ3n) is 25.3. The van der Waals surface area contributed by atoms with Gasteiger partial charge in [0.05, 0.1) is 55.5 Å². The molecule has 4 nitrogen and oxygen atoms in total. The normalized spacial score (nSPS) is 12.1. The maximum absolute atomic E-state index is 2.44. The van der Waals surface area contributed by atoms with Crippen LogP contribution in [0, 0.1) is 0 Å². The minimum absolute atomic E-state index is 1.16. The zero-order chi connectivity index (χ0) is 75.8. The maximum atomic E-state index is 2.44. The second-order valence-corrected chi connectivity index (χ2v) is 31.3. The van der Waals surface area contributed by atoms with Crippen LogP contribution in [0.5, 0.6) is 0 Å². The van der Waals surface area contributed by atoms with Crippen LogP contribution in [-0.2, 0) is 0 Å². The van der Waals surface area contributed by atoms with E-state index < -0.39 is 0 Å². The lowest BCUT2D eigenvalue weighted by atomic mass is 9.94. The lowest BCUT2D eigenvalue weighted by Crippen LogP contribution is -1.95. The molecule has 0 radical (unpaired) electrons. The lowest BCUT2D eigenvalue weighted by Gasteiger charge is -2.13. The van der Waals surface area contributed by atoms with Crippen molar-refractivity contribution in [3.63, 3.8) is 0 Å². The van der Waals surface area contributed by atoms with Gasteiger partial charge in [-0.25, -0.2) is 0 Å². The maximum Gasteiger partial charge on any atom is 0.0541 e. The zero-order valence-electron chi connectivity index (χ0n) is 63.0. The van der Waals surface area contributed by atoms with Crippen LogP contribution in [0.3, 0.4) is 0 Å². The van der Waals surface area contributed by atoms with Crippen molar-refractivity contribution >= 4 is 130 Å². The summed E-state index contributed by atoms with van der Waals surface area (Å²) >= 11 is 0. The van der Waals surface area contributed by atoms with Crippen LogP contribution in [0.1, 0.15) is 0 Å². The number of benzene rings is 20. The van der Waals surface area contributed by atoms with Crippen LogP contribution in [0.25, 0.3) is 242 Å². The van der Waals surface area contributed by atoms with E-state index in [1.54, 1.807) is 0 Å². The monoisotopic (exact) mass is 1470 g/mol. The van der Waals surface area contributed by atoms with Gasteiger partial charge in [0.15, 0.2) is 0 Å². The van der Waals surface area contributed by atoms with Gasteiger partial charge in [-0.1, -0.05) is 303 Å². The Hall–Kier alpha value is -15.4. The van der Waals surface area contributed by atoms with Gasteiger partial charge in [-0.3, -0.25) is 0 Å². The second-order valence-electron chi connectivity index (χ2n) is 31.3. The standard InChI is InChI=1S/2C56H34N2/c1-2-16-41-35(12-1)13-10-25-51(41)58-53-24-8-6-20-45(53)50-34-37(27-31-55(50)58)36-26-30-54-49(33-36)44-19-5-7-23-52(44)57(54)39-15-9-14-38(32-39)40-28-29-48-43-18-4-3-17-42(43)47-22-11-21-46(40)56(47)48;1-2-13-41-35(11-1)12-9-22-51(41)58-53-21-8-6-17-45(53)50-34-38(26-32-55(50)58)37-25-31-54-49(33-37)44-16-5-7-20-52(44)57(54)39-27-23-36(24-28-39)40-29-30-48-43-15-4-3-14-42(43)47-19-10-18-46(40)56(47)48/h2*1-34H. The first-order valence-electron chi connectivity index (χ1n) is 40.2. The molecule has 26 rings (SSSR count). The molecule has 0 spiro atoms. The summed E-state index contributed by atoms with van der Waals surface area (Å²) in [7, 11) is 0. The molecular weight excluding hydrogens is 1400 g/mol. The van der Waals surface area contributed by atoms with Crippen LogP contribution in [0.4, 0.5) is 0 Å². The highest BCUT2D eigenvalue weighted by atomic mass is 15.0. The van der Waals surface area contributed by atoms with Crippen LogP contribution < -0.4 is 0 Å². The predicted molar refractivity (Wildman–Crippen MR) is 491 cm³/mol. The Labute approximate surface area is 668 Å². The van der Waals surface area contributed by atoms with E-state index in [-0.39, 0.29) is 0 Å². The summed E-state index contributed by atoms with van der Waals surface area (Å²) in [5.41, 5.74) is 34.8. The number of rotatable bonds is 8. The van der Waals surface area contributed by atoms with E-state index in [0.717, 1.165) is 11.4 Å². The Morgan fingerprint density at radius 1 is 0.129 bits per heavy atom. The van der Waals surface area contributed by atoms with E-state index in [1.807, 2.05) is 0 Å². The lowest BCUT2D eigenvalue weighted by molar-refractivity contribution is 1.18. The molecule has 20 aromatic carbocycles. The molecule has 536 valence electrons. The average molecular weight is 1470 g/mol. The van der Waals surface area contributed by atoms with Crippen molar-refractivity contribution in [2.24, 2.45) is 0 Å². The number of hydrogen-bond acceptors (Lipinski definition) is 0. The third-order valence-corrected chi connectivity index (χ3v) is 25.3. The van der Waals surface area contributed by atoms with E-state index in [2.05, 4.69) is 431 Å². The Kier molecular flexibility index (Phi) is 13.9. The molecule has 116 heavy (non-hydrogen) atoms. The van der Waals surface area contributed by atoms with Gasteiger partial charge in [0.25, 0.3) is 0 Å². The van der Waals surface area contributed by atoms with Crippen LogP contribution in [-0.4, -0.2) is 18.3 Å². The van der Waals surface area contributed by atoms with Crippen LogP contribution >= 0.6 is 0 Å². The minimum atomic E-state index is 1.16. The molecular formula is C112H68N4. The number of hydrogen-bond donors (Lipinski definition) is 0. The summed E-state index contributed by atoms with van der Waals surface area (Å²) < 4.78 is 9.73. The molecule has 0 saturated heterocycles. The van der Waals surface area contributed by atoms with Gasteiger partial charge >= 0.3 is 0 Å². The Morgan fingerprint density at radius 3 is 0.845 bits per heavy atom. The molecule has 0 fully saturated rings. The summed E-state index contributed by atoms with van der Waals surface area (Å²) in [5.74, 6) is 0. The summed E-state index contributed by atoms with van der Waals surface area (Å²) in [4.78, 5) is 0. The Bertz CT molecular complexity index is 8270. The molecule has 4 aromatic heterocycles. The quantitative estimate of drug-likeness (QED) is 0.144. The van der Waals surface area contributed by atoms with E-state index in [1.165, 1.54) is 231 Å². The molecule has 4 heteroatoms. The van der Waals surface area contributed by atoms with Gasteiger partial charge in [0.1, 0.15) is 0 Å². The molecule has 2 aliphatic rings. The molecule has 0 unspecified atom stereocenters. The van der Waals surface area contributed by atoms with Crippen molar-refractivity contribution < 1.29 is 0 Å². The Balaban J connectivity index is 0.000000130. The number of para-hydroxylation sites is 4. The molecule has 0 N–H and O–H groups in total. The largest absolute Gasteiger partial charge is 0.309 e. The zero-order valence-corrected chi connectivity index (χ0v) is 63.0. The SMILES string of the molecule is c1cc(-c2ccc3c4c(cccc24)-c2ccccc2-3)cc(-n2c3ccccc3c3cc(-c4ccc5c(c4)c4ccccc4n5-c4cccc5ccccc45)ccc32)c1.c1ccc2c(c1)-c1cccc3c(-c4ccc(-n5c6ccccc6c6cc(-c7ccc8c(c7)c7ccccc7n8-c7cccc8ccccc78)ccc65)cc4)ccc-2c13. The van der Waals surface area contributed by atoms with Gasteiger partial charge < -0.3 is 18.3 Å².